The fraction of sp³-hybridized carbons (Fsp3) is 0.188. The Labute approximate surface area is 135 Å². The molecule has 0 atom stereocenters. The Hall–Kier alpha value is -2.85. The van der Waals surface area contributed by atoms with E-state index in [1.807, 2.05) is 13.8 Å². The monoisotopic (exact) mass is 327 g/mol. The number of anilines is 1. The first kappa shape index (κ1) is 15.1. The number of oxazole rings is 1. The van der Waals surface area contributed by atoms with E-state index < -0.39 is 5.76 Å². The molecule has 1 aromatic carbocycles. The summed E-state index contributed by atoms with van der Waals surface area (Å²) in [7, 11) is 0. The van der Waals surface area contributed by atoms with Gasteiger partial charge in [0.25, 0.3) is 0 Å². The fourth-order valence-corrected chi connectivity index (χ4v) is 3.35. The van der Waals surface area contributed by atoms with Gasteiger partial charge in [-0.3, -0.25) is 9.36 Å². The largest absolute Gasteiger partial charge is 0.420 e. The number of aryl methyl sites for hydroxylation is 1. The summed E-state index contributed by atoms with van der Waals surface area (Å²) < 4.78 is 6.36. The van der Waals surface area contributed by atoms with E-state index in [0.717, 1.165) is 10.4 Å². The number of benzene rings is 1. The second-order valence-electron chi connectivity index (χ2n) is 5.07. The van der Waals surface area contributed by atoms with Crippen LogP contribution in [-0.4, -0.2) is 10.5 Å². The molecule has 0 saturated heterocycles. The molecular formula is C16H13N3O3S. The van der Waals surface area contributed by atoms with Crippen LogP contribution >= 0.6 is 11.3 Å². The van der Waals surface area contributed by atoms with Gasteiger partial charge in [-0.1, -0.05) is 12.1 Å². The third-order valence-corrected chi connectivity index (χ3v) is 4.75. The van der Waals surface area contributed by atoms with E-state index in [9.17, 15) is 14.9 Å². The van der Waals surface area contributed by atoms with Gasteiger partial charge >= 0.3 is 5.76 Å². The van der Waals surface area contributed by atoms with E-state index in [1.54, 1.807) is 24.3 Å². The summed E-state index contributed by atoms with van der Waals surface area (Å²) >= 11 is 1.35. The SMILES string of the molecule is Cc1sc(NC(=O)Cn2c(=O)oc3ccccc32)c(C#N)c1C. The van der Waals surface area contributed by atoms with E-state index in [2.05, 4.69) is 11.4 Å². The minimum atomic E-state index is -0.583. The van der Waals surface area contributed by atoms with Gasteiger partial charge in [0.15, 0.2) is 5.58 Å². The Kier molecular flexibility index (Phi) is 3.76. The smallest absolute Gasteiger partial charge is 0.408 e. The highest BCUT2D eigenvalue weighted by atomic mass is 32.1. The van der Waals surface area contributed by atoms with Crippen molar-refractivity contribution in [1.82, 2.24) is 4.57 Å². The van der Waals surface area contributed by atoms with E-state index in [-0.39, 0.29) is 12.5 Å². The third kappa shape index (κ3) is 2.64. The van der Waals surface area contributed by atoms with Crippen molar-refractivity contribution in [3.8, 4) is 6.07 Å². The summed E-state index contributed by atoms with van der Waals surface area (Å²) in [6, 6.07) is 9.01. The standard InChI is InChI=1S/C16H13N3O3S/c1-9-10(2)23-15(11(9)7-17)18-14(20)8-19-12-5-3-4-6-13(12)22-16(19)21/h3-6H,8H2,1-2H3,(H,18,20). The summed E-state index contributed by atoms with van der Waals surface area (Å²) in [5.74, 6) is -0.961. The van der Waals surface area contributed by atoms with Crippen molar-refractivity contribution in [1.29, 1.82) is 5.26 Å². The number of carbonyl (C=O) groups excluding carboxylic acids is 1. The van der Waals surface area contributed by atoms with Crippen LogP contribution in [0.15, 0.2) is 33.5 Å². The molecule has 6 nitrogen and oxygen atoms in total. The van der Waals surface area contributed by atoms with Crippen LogP contribution in [0.5, 0.6) is 0 Å². The molecule has 2 aromatic heterocycles. The lowest BCUT2D eigenvalue weighted by atomic mass is 10.2. The second-order valence-corrected chi connectivity index (χ2v) is 6.29. The van der Waals surface area contributed by atoms with Gasteiger partial charge in [0.2, 0.25) is 5.91 Å². The van der Waals surface area contributed by atoms with Crippen molar-refractivity contribution in [2.75, 3.05) is 5.32 Å². The van der Waals surface area contributed by atoms with Crippen LogP contribution in [0.3, 0.4) is 0 Å². The first-order valence-corrected chi connectivity index (χ1v) is 7.71. The maximum Gasteiger partial charge on any atom is 0.420 e. The first-order chi connectivity index (χ1) is 11.0. The number of rotatable bonds is 3. The summed E-state index contributed by atoms with van der Waals surface area (Å²) in [4.78, 5) is 25.1. The van der Waals surface area contributed by atoms with Crippen LogP contribution in [0.25, 0.3) is 11.1 Å². The van der Waals surface area contributed by atoms with Crippen LogP contribution in [-0.2, 0) is 11.3 Å². The third-order valence-electron chi connectivity index (χ3n) is 3.63. The molecule has 116 valence electrons. The van der Waals surface area contributed by atoms with Gasteiger partial charge in [-0.05, 0) is 31.5 Å². The zero-order valence-corrected chi connectivity index (χ0v) is 13.4. The number of thiophene rings is 1. The minimum Gasteiger partial charge on any atom is -0.408 e. The predicted molar refractivity (Wildman–Crippen MR) is 87.6 cm³/mol. The molecule has 0 aliphatic heterocycles. The molecule has 1 N–H and O–H groups in total. The molecule has 3 rings (SSSR count). The van der Waals surface area contributed by atoms with Gasteiger partial charge in [-0.15, -0.1) is 11.3 Å². The number of nitriles is 1. The molecule has 1 amide bonds. The van der Waals surface area contributed by atoms with Gasteiger partial charge in [-0.2, -0.15) is 5.26 Å². The lowest BCUT2D eigenvalue weighted by Crippen LogP contribution is -2.24. The van der Waals surface area contributed by atoms with Gasteiger partial charge in [0.1, 0.15) is 17.6 Å². The maximum atomic E-state index is 12.2. The summed E-state index contributed by atoms with van der Waals surface area (Å²) in [5.41, 5.74) is 2.32. The number of hydrogen-bond donors (Lipinski definition) is 1. The summed E-state index contributed by atoms with van der Waals surface area (Å²) in [6.45, 7) is 3.56. The van der Waals surface area contributed by atoms with Gasteiger partial charge in [0.05, 0.1) is 11.1 Å². The summed E-state index contributed by atoms with van der Waals surface area (Å²) in [5, 5.41) is 12.4. The maximum absolute atomic E-state index is 12.2. The molecule has 0 bridgehead atoms. The Morgan fingerprint density at radius 3 is 2.87 bits per heavy atom. The molecule has 0 aliphatic carbocycles. The number of para-hydroxylation sites is 2. The van der Waals surface area contributed by atoms with Crippen LogP contribution in [0.4, 0.5) is 5.00 Å². The average Bonchev–Trinajstić information content (AvgIpc) is 2.97. The van der Waals surface area contributed by atoms with E-state index in [1.165, 1.54) is 15.9 Å². The normalized spacial score (nSPS) is 10.7. The molecule has 7 heteroatoms. The molecule has 0 spiro atoms. The molecule has 0 unspecified atom stereocenters. The minimum absolute atomic E-state index is 0.170. The van der Waals surface area contributed by atoms with Gasteiger partial charge in [-0.25, -0.2) is 4.79 Å². The number of aromatic nitrogens is 1. The van der Waals surface area contributed by atoms with Gasteiger partial charge in [0, 0.05) is 4.88 Å². The first-order valence-electron chi connectivity index (χ1n) is 6.89. The fourth-order valence-electron chi connectivity index (χ4n) is 2.32. The molecule has 0 aliphatic rings. The van der Waals surface area contributed by atoms with E-state index in [0.29, 0.717) is 21.7 Å². The van der Waals surface area contributed by atoms with Crippen molar-refractivity contribution >= 4 is 33.3 Å². The molecular weight excluding hydrogens is 314 g/mol. The van der Waals surface area contributed by atoms with Crippen LogP contribution in [0.1, 0.15) is 16.0 Å². The van der Waals surface area contributed by atoms with E-state index in [4.69, 9.17) is 4.42 Å². The van der Waals surface area contributed by atoms with Crippen LogP contribution in [0, 0.1) is 25.2 Å². The molecule has 0 radical (unpaired) electrons. The lowest BCUT2D eigenvalue weighted by molar-refractivity contribution is -0.116. The Morgan fingerprint density at radius 2 is 2.13 bits per heavy atom. The number of fused-ring (bicyclic) bond motifs is 1. The molecule has 23 heavy (non-hydrogen) atoms. The number of carbonyl (C=O) groups is 1. The topological polar surface area (TPSA) is 88.0 Å². The zero-order valence-electron chi connectivity index (χ0n) is 12.5. The van der Waals surface area contributed by atoms with Crippen molar-refractivity contribution in [3.05, 3.63) is 50.8 Å². The summed E-state index contributed by atoms with van der Waals surface area (Å²) in [6.07, 6.45) is 0. The highest BCUT2D eigenvalue weighted by Crippen LogP contribution is 2.31. The molecule has 0 fully saturated rings. The quantitative estimate of drug-likeness (QED) is 0.801. The van der Waals surface area contributed by atoms with Crippen molar-refractivity contribution < 1.29 is 9.21 Å². The van der Waals surface area contributed by atoms with Gasteiger partial charge < -0.3 is 9.73 Å². The van der Waals surface area contributed by atoms with Crippen LogP contribution in [0.2, 0.25) is 0 Å². The predicted octanol–water partition coefficient (Wildman–Crippen LogP) is 2.78. The van der Waals surface area contributed by atoms with E-state index >= 15 is 0 Å². The molecule has 3 aromatic rings. The van der Waals surface area contributed by atoms with Crippen molar-refractivity contribution in [3.63, 3.8) is 0 Å². The highest BCUT2D eigenvalue weighted by molar-refractivity contribution is 7.16. The zero-order chi connectivity index (χ0) is 16.6. The molecule has 2 heterocycles. The van der Waals surface area contributed by atoms with Crippen LogP contribution < -0.4 is 11.1 Å². The average molecular weight is 327 g/mol. The Morgan fingerprint density at radius 1 is 1.39 bits per heavy atom. The molecule has 0 saturated carbocycles. The Balaban J connectivity index is 1.88. The number of nitrogens with one attached hydrogen (secondary N) is 1. The second kappa shape index (κ2) is 5.74. The lowest BCUT2D eigenvalue weighted by Gasteiger charge is -2.04. The number of amides is 1. The number of hydrogen-bond acceptors (Lipinski definition) is 5. The van der Waals surface area contributed by atoms with Crippen molar-refractivity contribution in [2.45, 2.75) is 20.4 Å². The van der Waals surface area contributed by atoms with Crippen molar-refractivity contribution in [2.24, 2.45) is 0 Å². The number of nitrogens with zero attached hydrogens (tertiary/aromatic N) is 2. The Bertz CT molecular complexity index is 1000. The highest BCUT2D eigenvalue weighted by Gasteiger charge is 2.17.